The molecule has 0 saturated carbocycles. The Morgan fingerprint density at radius 1 is 1.35 bits per heavy atom. The SMILES string of the molecule is O=C(O)c1ccc(F)c(CNc2cccc(Cl)c2Br)c1. The van der Waals surface area contributed by atoms with Gasteiger partial charge in [0.2, 0.25) is 0 Å². The first kappa shape index (κ1) is 14.8. The van der Waals surface area contributed by atoms with Crippen LogP contribution in [-0.2, 0) is 6.54 Å². The Kier molecular flexibility index (Phi) is 4.62. The van der Waals surface area contributed by atoms with Crippen LogP contribution in [0.4, 0.5) is 10.1 Å². The number of carboxylic acid groups (broad SMARTS) is 1. The smallest absolute Gasteiger partial charge is 0.335 e. The molecule has 0 atom stereocenters. The maximum atomic E-state index is 13.6. The van der Waals surface area contributed by atoms with Gasteiger partial charge in [-0.3, -0.25) is 0 Å². The summed E-state index contributed by atoms with van der Waals surface area (Å²) in [5, 5.41) is 12.4. The Bertz CT molecular complexity index is 664. The van der Waals surface area contributed by atoms with Crippen LogP contribution in [0.2, 0.25) is 5.02 Å². The minimum absolute atomic E-state index is 0.0494. The van der Waals surface area contributed by atoms with Crippen LogP contribution in [0.5, 0.6) is 0 Å². The quantitative estimate of drug-likeness (QED) is 0.843. The van der Waals surface area contributed by atoms with Crippen molar-refractivity contribution in [3.05, 3.63) is 62.8 Å². The highest BCUT2D eigenvalue weighted by atomic mass is 79.9. The van der Waals surface area contributed by atoms with Crippen molar-refractivity contribution >= 4 is 39.2 Å². The third-order valence-electron chi connectivity index (χ3n) is 2.71. The minimum Gasteiger partial charge on any atom is -0.478 e. The lowest BCUT2D eigenvalue weighted by molar-refractivity contribution is 0.0696. The number of benzene rings is 2. The van der Waals surface area contributed by atoms with Crippen molar-refractivity contribution in [2.24, 2.45) is 0 Å². The van der Waals surface area contributed by atoms with Crippen LogP contribution >= 0.6 is 27.5 Å². The van der Waals surface area contributed by atoms with E-state index in [1.54, 1.807) is 18.2 Å². The zero-order valence-electron chi connectivity index (χ0n) is 10.2. The summed E-state index contributed by atoms with van der Waals surface area (Å²) in [6, 6.07) is 8.96. The summed E-state index contributed by atoms with van der Waals surface area (Å²) >= 11 is 9.28. The van der Waals surface area contributed by atoms with Crippen molar-refractivity contribution in [2.45, 2.75) is 6.54 Å². The molecule has 0 aliphatic heterocycles. The fourth-order valence-electron chi connectivity index (χ4n) is 1.67. The summed E-state index contributed by atoms with van der Waals surface area (Å²) in [6.45, 7) is 0.159. The standard InChI is InChI=1S/C14H10BrClFNO2/c15-13-10(16)2-1-3-12(13)18-7-9-6-8(14(19)20)4-5-11(9)17/h1-6,18H,7H2,(H,19,20). The fourth-order valence-corrected chi connectivity index (χ4v) is 2.25. The molecule has 0 amide bonds. The molecule has 0 fully saturated rings. The lowest BCUT2D eigenvalue weighted by Crippen LogP contribution is -2.05. The predicted octanol–water partition coefficient (Wildman–Crippen LogP) is 4.55. The Morgan fingerprint density at radius 2 is 2.10 bits per heavy atom. The average molecular weight is 359 g/mol. The van der Waals surface area contributed by atoms with Crippen molar-refractivity contribution in [3.63, 3.8) is 0 Å². The first-order valence-electron chi connectivity index (χ1n) is 5.68. The maximum Gasteiger partial charge on any atom is 0.335 e. The van der Waals surface area contributed by atoms with Gasteiger partial charge in [-0.15, -0.1) is 0 Å². The van der Waals surface area contributed by atoms with Crippen LogP contribution in [0.3, 0.4) is 0 Å². The third-order valence-corrected chi connectivity index (χ3v) is 4.11. The summed E-state index contributed by atoms with van der Waals surface area (Å²) < 4.78 is 14.3. The molecule has 2 N–H and O–H groups in total. The van der Waals surface area contributed by atoms with Gasteiger partial charge in [0.1, 0.15) is 5.82 Å². The second-order valence-corrected chi connectivity index (χ2v) is 5.27. The van der Waals surface area contributed by atoms with Crippen LogP contribution in [0.15, 0.2) is 40.9 Å². The molecule has 6 heteroatoms. The predicted molar refractivity (Wildman–Crippen MR) is 79.8 cm³/mol. The highest BCUT2D eigenvalue weighted by Crippen LogP contribution is 2.30. The van der Waals surface area contributed by atoms with Crippen molar-refractivity contribution in [1.82, 2.24) is 0 Å². The van der Waals surface area contributed by atoms with Crippen LogP contribution in [0.1, 0.15) is 15.9 Å². The van der Waals surface area contributed by atoms with Crippen LogP contribution in [0.25, 0.3) is 0 Å². The monoisotopic (exact) mass is 357 g/mol. The molecular formula is C14H10BrClFNO2. The molecule has 20 heavy (non-hydrogen) atoms. The van der Waals surface area contributed by atoms with Crippen LogP contribution in [-0.4, -0.2) is 11.1 Å². The van der Waals surface area contributed by atoms with Crippen molar-refractivity contribution in [3.8, 4) is 0 Å². The highest BCUT2D eigenvalue weighted by molar-refractivity contribution is 9.10. The van der Waals surface area contributed by atoms with Gasteiger partial charge < -0.3 is 10.4 Å². The molecule has 0 bridgehead atoms. The molecule has 0 unspecified atom stereocenters. The van der Waals surface area contributed by atoms with Gasteiger partial charge in [-0.05, 0) is 46.3 Å². The summed E-state index contributed by atoms with van der Waals surface area (Å²) in [5.41, 5.74) is 1.03. The van der Waals surface area contributed by atoms with Crippen molar-refractivity contribution in [1.29, 1.82) is 0 Å². The van der Waals surface area contributed by atoms with Gasteiger partial charge in [-0.1, -0.05) is 17.7 Å². The van der Waals surface area contributed by atoms with E-state index in [1.165, 1.54) is 12.1 Å². The summed E-state index contributed by atoms with van der Waals surface area (Å²) in [4.78, 5) is 10.9. The van der Waals surface area contributed by atoms with E-state index >= 15 is 0 Å². The minimum atomic E-state index is -1.09. The Labute approximate surface area is 128 Å². The molecule has 3 nitrogen and oxygen atoms in total. The number of carboxylic acids is 1. The van der Waals surface area contributed by atoms with Gasteiger partial charge in [0.15, 0.2) is 0 Å². The lowest BCUT2D eigenvalue weighted by Gasteiger charge is -2.10. The lowest BCUT2D eigenvalue weighted by atomic mass is 10.1. The number of nitrogens with one attached hydrogen (secondary N) is 1. The molecule has 0 heterocycles. The molecule has 0 saturated heterocycles. The van der Waals surface area contributed by atoms with E-state index in [9.17, 15) is 9.18 Å². The number of hydrogen-bond acceptors (Lipinski definition) is 2. The number of anilines is 1. The van der Waals surface area contributed by atoms with Gasteiger partial charge in [0, 0.05) is 12.1 Å². The number of aromatic carboxylic acids is 1. The van der Waals surface area contributed by atoms with E-state index in [2.05, 4.69) is 21.2 Å². The number of halogens is 3. The Balaban J connectivity index is 2.20. The maximum absolute atomic E-state index is 13.6. The highest BCUT2D eigenvalue weighted by Gasteiger charge is 2.09. The van der Waals surface area contributed by atoms with Crippen LogP contribution in [0, 0.1) is 5.82 Å². The van der Waals surface area contributed by atoms with Gasteiger partial charge in [0.05, 0.1) is 20.7 Å². The molecular weight excluding hydrogens is 349 g/mol. The third kappa shape index (κ3) is 3.29. The van der Waals surface area contributed by atoms with Crippen molar-refractivity contribution in [2.75, 3.05) is 5.32 Å². The second kappa shape index (κ2) is 6.24. The van der Waals surface area contributed by atoms with E-state index < -0.39 is 11.8 Å². The van der Waals surface area contributed by atoms with Gasteiger partial charge in [0.25, 0.3) is 0 Å². The Hall–Kier alpha value is -1.59. The normalized spacial score (nSPS) is 10.3. The molecule has 0 aliphatic carbocycles. The molecule has 2 aromatic carbocycles. The number of hydrogen-bond donors (Lipinski definition) is 2. The van der Waals surface area contributed by atoms with Crippen LogP contribution < -0.4 is 5.32 Å². The van der Waals surface area contributed by atoms with Crippen molar-refractivity contribution < 1.29 is 14.3 Å². The number of carbonyl (C=O) groups is 1. The topological polar surface area (TPSA) is 49.3 Å². The number of rotatable bonds is 4. The Morgan fingerprint density at radius 3 is 2.80 bits per heavy atom. The average Bonchev–Trinajstić information content (AvgIpc) is 2.41. The van der Waals surface area contributed by atoms with E-state index in [0.717, 1.165) is 6.07 Å². The van der Waals surface area contributed by atoms with E-state index in [-0.39, 0.29) is 17.7 Å². The van der Waals surface area contributed by atoms with Gasteiger partial charge in [-0.2, -0.15) is 0 Å². The molecule has 0 aromatic heterocycles. The molecule has 104 valence electrons. The van der Waals surface area contributed by atoms with E-state index in [0.29, 0.717) is 15.2 Å². The first-order chi connectivity index (χ1) is 9.49. The summed E-state index contributed by atoms with van der Waals surface area (Å²) in [5.74, 6) is -1.55. The zero-order valence-corrected chi connectivity index (χ0v) is 12.5. The van der Waals surface area contributed by atoms with Gasteiger partial charge in [-0.25, -0.2) is 9.18 Å². The summed E-state index contributed by atoms with van der Waals surface area (Å²) in [6.07, 6.45) is 0. The molecule has 2 rings (SSSR count). The summed E-state index contributed by atoms with van der Waals surface area (Å²) in [7, 11) is 0. The first-order valence-corrected chi connectivity index (χ1v) is 6.85. The molecule has 0 aliphatic rings. The zero-order chi connectivity index (χ0) is 14.7. The van der Waals surface area contributed by atoms with Gasteiger partial charge >= 0.3 is 5.97 Å². The molecule has 2 aromatic rings. The second-order valence-electron chi connectivity index (χ2n) is 4.07. The van der Waals surface area contributed by atoms with E-state index in [1.807, 2.05) is 0 Å². The van der Waals surface area contributed by atoms with E-state index in [4.69, 9.17) is 16.7 Å². The molecule has 0 radical (unpaired) electrons. The fraction of sp³-hybridized carbons (Fsp3) is 0.0714. The molecule has 0 spiro atoms. The largest absolute Gasteiger partial charge is 0.478 e.